The van der Waals surface area contributed by atoms with Gasteiger partial charge in [0.2, 0.25) is 0 Å². The molecule has 0 aliphatic heterocycles. The van der Waals surface area contributed by atoms with Crippen LogP contribution in [0, 0.1) is 0 Å². The van der Waals surface area contributed by atoms with Crippen molar-refractivity contribution in [2.45, 2.75) is 19.5 Å². The SMILES string of the molecule is COc1c(OC(F)(F)F)cc(CN)nc1CO. The fourth-order valence-electron chi connectivity index (χ4n) is 1.25. The molecule has 1 rings (SSSR count). The van der Waals surface area contributed by atoms with Crippen molar-refractivity contribution in [3.05, 3.63) is 17.5 Å². The van der Waals surface area contributed by atoms with E-state index in [4.69, 9.17) is 15.6 Å². The number of rotatable bonds is 4. The van der Waals surface area contributed by atoms with E-state index in [0.717, 1.165) is 13.2 Å². The first-order valence-corrected chi connectivity index (χ1v) is 4.54. The lowest BCUT2D eigenvalue weighted by atomic mass is 10.2. The fourth-order valence-corrected chi connectivity index (χ4v) is 1.25. The number of nitrogens with zero attached hydrogens (tertiary/aromatic N) is 1. The highest BCUT2D eigenvalue weighted by Gasteiger charge is 2.33. The Morgan fingerprint density at radius 1 is 1.47 bits per heavy atom. The monoisotopic (exact) mass is 252 g/mol. The maximum absolute atomic E-state index is 12.1. The summed E-state index contributed by atoms with van der Waals surface area (Å²) in [5.74, 6) is -0.832. The number of methoxy groups -OCH3 is 1. The highest BCUT2D eigenvalue weighted by molar-refractivity contribution is 5.44. The summed E-state index contributed by atoms with van der Waals surface area (Å²) in [6.07, 6.45) is -4.85. The molecule has 5 nitrogen and oxygen atoms in total. The number of hydrogen-bond acceptors (Lipinski definition) is 5. The molecule has 17 heavy (non-hydrogen) atoms. The molecule has 0 aliphatic rings. The van der Waals surface area contributed by atoms with E-state index in [1.54, 1.807) is 0 Å². The first kappa shape index (κ1) is 13.5. The van der Waals surface area contributed by atoms with Crippen LogP contribution in [0.3, 0.4) is 0 Å². The van der Waals surface area contributed by atoms with Crippen LogP contribution in [-0.4, -0.2) is 23.6 Å². The lowest BCUT2D eigenvalue weighted by Gasteiger charge is -2.15. The number of ether oxygens (including phenoxy) is 2. The number of aromatic nitrogens is 1. The van der Waals surface area contributed by atoms with Crippen LogP contribution in [0.15, 0.2) is 6.07 Å². The highest BCUT2D eigenvalue weighted by Crippen LogP contribution is 2.34. The van der Waals surface area contributed by atoms with Gasteiger partial charge in [-0.25, -0.2) is 4.98 Å². The number of hydrogen-bond donors (Lipinski definition) is 2. The fraction of sp³-hybridized carbons (Fsp3) is 0.444. The minimum atomic E-state index is -4.85. The molecule has 0 aliphatic carbocycles. The van der Waals surface area contributed by atoms with Crippen molar-refractivity contribution in [3.8, 4) is 11.5 Å². The van der Waals surface area contributed by atoms with Crippen molar-refractivity contribution in [3.63, 3.8) is 0 Å². The molecule has 8 heteroatoms. The lowest BCUT2D eigenvalue weighted by Crippen LogP contribution is -2.19. The van der Waals surface area contributed by atoms with Crippen LogP contribution in [0.5, 0.6) is 11.5 Å². The van der Waals surface area contributed by atoms with E-state index in [2.05, 4.69) is 9.72 Å². The normalized spacial score (nSPS) is 11.4. The zero-order valence-electron chi connectivity index (χ0n) is 8.91. The Labute approximate surface area is 95.0 Å². The molecule has 0 bridgehead atoms. The molecule has 1 aromatic heterocycles. The standard InChI is InChI=1S/C9H11F3N2O3/c1-16-8-6(4-15)14-5(3-13)2-7(8)17-9(10,11)12/h2,15H,3-4,13H2,1H3. The number of halogens is 3. The van der Waals surface area contributed by atoms with E-state index in [1.165, 1.54) is 0 Å². The van der Waals surface area contributed by atoms with E-state index < -0.39 is 18.7 Å². The molecule has 3 N–H and O–H groups in total. The van der Waals surface area contributed by atoms with Crippen LogP contribution < -0.4 is 15.2 Å². The second-order valence-electron chi connectivity index (χ2n) is 3.00. The van der Waals surface area contributed by atoms with Crippen molar-refractivity contribution in [1.82, 2.24) is 4.98 Å². The Morgan fingerprint density at radius 3 is 2.53 bits per heavy atom. The van der Waals surface area contributed by atoms with Gasteiger partial charge in [0.05, 0.1) is 19.4 Å². The third kappa shape index (κ3) is 3.46. The molecule has 0 unspecified atom stereocenters. The van der Waals surface area contributed by atoms with Crippen molar-refractivity contribution in [2.75, 3.05) is 7.11 Å². The Bertz CT molecular complexity index is 396. The minimum absolute atomic E-state index is 0.0605. The molecule has 1 heterocycles. The number of nitrogens with two attached hydrogens (primary N) is 1. The molecule has 0 fully saturated rings. The van der Waals surface area contributed by atoms with Crippen LogP contribution in [-0.2, 0) is 13.2 Å². The van der Waals surface area contributed by atoms with Crippen LogP contribution >= 0.6 is 0 Å². The van der Waals surface area contributed by atoms with Gasteiger partial charge in [-0.05, 0) is 0 Å². The van der Waals surface area contributed by atoms with Gasteiger partial charge in [-0.2, -0.15) is 0 Å². The summed E-state index contributed by atoms with van der Waals surface area (Å²) in [7, 11) is 1.15. The first-order chi connectivity index (χ1) is 7.91. The van der Waals surface area contributed by atoms with Gasteiger partial charge in [0.15, 0.2) is 11.5 Å². The summed E-state index contributed by atoms with van der Waals surface area (Å²) in [4.78, 5) is 3.82. The average molecular weight is 252 g/mol. The minimum Gasteiger partial charge on any atom is -0.491 e. The van der Waals surface area contributed by atoms with Crippen molar-refractivity contribution in [1.29, 1.82) is 0 Å². The van der Waals surface area contributed by atoms with Gasteiger partial charge in [-0.3, -0.25) is 0 Å². The molecule has 0 spiro atoms. The molecule has 0 radical (unpaired) electrons. The van der Waals surface area contributed by atoms with Gasteiger partial charge in [-0.1, -0.05) is 0 Å². The summed E-state index contributed by atoms with van der Waals surface area (Å²) in [5.41, 5.74) is 5.38. The highest BCUT2D eigenvalue weighted by atomic mass is 19.4. The van der Waals surface area contributed by atoms with E-state index in [9.17, 15) is 13.2 Å². The smallest absolute Gasteiger partial charge is 0.491 e. The molecule has 0 aromatic carbocycles. The Balaban J connectivity index is 3.24. The second-order valence-corrected chi connectivity index (χ2v) is 3.00. The summed E-state index contributed by atoms with van der Waals surface area (Å²) >= 11 is 0. The number of alkyl halides is 3. The van der Waals surface area contributed by atoms with Gasteiger partial charge in [-0.15, -0.1) is 13.2 Å². The zero-order valence-corrected chi connectivity index (χ0v) is 8.91. The zero-order chi connectivity index (χ0) is 13.1. The Morgan fingerprint density at radius 2 is 2.12 bits per heavy atom. The molecular weight excluding hydrogens is 241 g/mol. The molecular formula is C9H11F3N2O3. The van der Waals surface area contributed by atoms with Gasteiger partial charge in [0, 0.05) is 12.6 Å². The van der Waals surface area contributed by atoms with Gasteiger partial charge in [0.25, 0.3) is 0 Å². The van der Waals surface area contributed by atoms with Gasteiger partial charge < -0.3 is 20.3 Å². The summed E-state index contributed by atoms with van der Waals surface area (Å²) in [5, 5.41) is 8.97. The molecule has 0 atom stereocenters. The van der Waals surface area contributed by atoms with Gasteiger partial charge >= 0.3 is 6.36 Å². The predicted molar refractivity (Wildman–Crippen MR) is 51.3 cm³/mol. The largest absolute Gasteiger partial charge is 0.573 e. The Hall–Kier alpha value is -1.54. The van der Waals surface area contributed by atoms with E-state index >= 15 is 0 Å². The molecule has 1 aromatic rings. The van der Waals surface area contributed by atoms with E-state index in [0.29, 0.717) is 0 Å². The third-order valence-electron chi connectivity index (χ3n) is 1.85. The average Bonchev–Trinajstić information content (AvgIpc) is 2.25. The molecule has 96 valence electrons. The van der Waals surface area contributed by atoms with Crippen molar-refractivity contribution >= 4 is 0 Å². The predicted octanol–water partition coefficient (Wildman–Crippen LogP) is 0.940. The molecule has 0 amide bonds. The van der Waals surface area contributed by atoms with Crippen LogP contribution in [0.2, 0.25) is 0 Å². The first-order valence-electron chi connectivity index (χ1n) is 4.54. The lowest BCUT2D eigenvalue weighted by molar-refractivity contribution is -0.275. The summed E-state index contributed by atoms with van der Waals surface area (Å²) in [6, 6.07) is 1.02. The third-order valence-corrected chi connectivity index (χ3v) is 1.85. The maximum Gasteiger partial charge on any atom is 0.573 e. The van der Waals surface area contributed by atoms with Crippen molar-refractivity contribution in [2.24, 2.45) is 5.73 Å². The number of aliphatic hydroxyl groups is 1. The van der Waals surface area contributed by atoms with Crippen LogP contribution in [0.1, 0.15) is 11.4 Å². The van der Waals surface area contributed by atoms with Crippen molar-refractivity contribution < 1.29 is 27.8 Å². The quantitative estimate of drug-likeness (QED) is 0.833. The Kier molecular flexibility index (Phi) is 4.13. The van der Waals surface area contributed by atoms with Crippen LogP contribution in [0.25, 0.3) is 0 Å². The number of aliphatic hydroxyl groups excluding tert-OH is 1. The number of pyridine rings is 1. The summed E-state index contributed by atoms with van der Waals surface area (Å²) in [6.45, 7) is -0.656. The van der Waals surface area contributed by atoms with E-state index in [1.807, 2.05) is 0 Å². The maximum atomic E-state index is 12.1. The molecule has 0 saturated carbocycles. The topological polar surface area (TPSA) is 77.6 Å². The second kappa shape index (κ2) is 5.19. The van der Waals surface area contributed by atoms with Gasteiger partial charge in [0.1, 0.15) is 5.69 Å². The van der Waals surface area contributed by atoms with Crippen LogP contribution in [0.4, 0.5) is 13.2 Å². The summed E-state index contributed by atoms with van der Waals surface area (Å²) < 4.78 is 44.9. The van der Waals surface area contributed by atoms with E-state index in [-0.39, 0.29) is 23.7 Å². The molecule has 0 saturated heterocycles.